The molecule has 18 heavy (non-hydrogen) atoms. The van der Waals surface area contributed by atoms with Crippen molar-refractivity contribution in [3.8, 4) is 0 Å². The lowest BCUT2D eigenvalue weighted by molar-refractivity contribution is -0.223. The summed E-state index contributed by atoms with van der Waals surface area (Å²) < 4.78 is 0. The van der Waals surface area contributed by atoms with Crippen LogP contribution >= 0.6 is 0 Å². The maximum atomic E-state index is 12.1. The summed E-state index contributed by atoms with van der Waals surface area (Å²) in [5.74, 6) is 0. The summed E-state index contributed by atoms with van der Waals surface area (Å²) in [4.78, 5) is 16.0. The van der Waals surface area contributed by atoms with Gasteiger partial charge in [0.05, 0.1) is 0 Å². The zero-order chi connectivity index (χ0) is 13.7. The largest absolute Gasteiger partial charge is 0.360 e. The quantitative estimate of drug-likeness (QED) is 0.673. The van der Waals surface area contributed by atoms with Crippen LogP contribution in [0.5, 0.6) is 0 Å². The molecule has 0 aliphatic carbocycles. The molecule has 1 fully saturated rings. The van der Waals surface area contributed by atoms with Crippen molar-refractivity contribution < 1.29 is 15.0 Å². The standard InChI is InChI=1S/C12H21N3O3/c1-4-7-13-10(16)14(8-5-2)12(18)15(9-6-3)11(13)17/h4-5,11-12,17-18H,1-2,6-9H2,3H3. The number of aliphatic hydroxyl groups is 2. The van der Waals surface area contributed by atoms with Crippen LogP contribution in [0.15, 0.2) is 25.3 Å². The van der Waals surface area contributed by atoms with Crippen molar-refractivity contribution in [2.45, 2.75) is 26.0 Å². The number of nitrogens with zero attached hydrogens (tertiary/aromatic N) is 3. The molecule has 2 unspecified atom stereocenters. The summed E-state index contributed by atoms with van der Waals surface area (Å²) in [6.45, 7) is 9.98. The summed E-state index contributed by atoms with van der Waals surface area (Å²) >= 11 is 0. The fourth-order valence-electron chi connectivity index (χ4n) is 1.95. The highest BCUT2D eigenvalue weighted by Gasteiger charge is 2.42. The first-order valence-electron chi connectivity index (χ1n) is 5.99. The fraction of sp³-hybridized carbons (Fsp3) is 0.583. The van der Waals surface area contributed by atoms with Crippen molar-refractivity contribution in [3.05, 3.63) is 25.3 Å². The first-order chi connectivity index (χ1) is 8.58. The molecular weight excluding hydrogens is 234 g/mol. The molecule has 1 aliphatic rings. The van der Waals surface area contributed by atoms with Crippen LogP contribution in [0.25, 0.3) is 0 Å². The van der Waals surface area contributed by atoms with Gasteiger partial charge in [-0.3, -0.25) is 9.80 Å². The average Bonchev–Trinajstić information content (AvgIpc) is 2.35. The molecule has 2 amide bonds. The Kier molecular flexibility index (Phi) is 5.33. The van der Waals surface area contributed by atoms with Gasteiger partial charge in [-0.2, -0.15) is 0 Å². The molecule has 0 saturated carbocycles. The highest BCUT2D eigenvalue weighted by molar-refractivity contribution is 5.75. The van der Waals surface area contributed by atoms with E-state index < -0.39 is 18.7 Å². The van der Waals surface area contributed by atoms with E-state index in [1.54, 1.807) is 0 Å². The van der Waals surface area contributed by atoms with E-state index >= 15 is 0 Å². The van der Waals surface area contributed by atoms with Gasteiger partial charge in [-0.15, -0.1) is 13.2 Å². The average molecular weight is 255 g/mol. The third-order valence-corrected chi connectivity index (χ3v) is 2.78. The van der Waals surface area contributed by atoms with Gasteiger partial charge < -0.3 is 10.2 Å². The van der Waals surface area contributed by atoms with E-state index in [1.807, 2.05) is 6.92 Å². The molecule has 1 aliphatic heterocycles. The predicted molar refractivity (Wildman–Crippen MR) is 68.2 cm³/mol. The molecule has 102 valence electrons. The van der Waals surface area contributed by atoms with E-state index in [0.717, 1.165) is 6.42 Å². The van der Waals surface area contributed by atoms with Gasteiger partial charge >= 0.3 is 6.03 Å². The highest BCUT2D eigenvalue weighted by atomic mass is 16.4. The van der Waals surface area contributed by atoms with Gasteiger partial charge in [-0.25, -0.2) is 9.69 Å². The zero-order valence-electron chi connectivity index (χ0n) is 10.7. The molecule has 1 rings (SSSR count). The minimum absolute atomic E-state index is 0.223. The summed E-state index contributed by atoms with van der Waals surface area (Å²) in [6.07, 6.45) is 1.56. The Morgan fingerprint density at radius 3 is 1.94 bits per heavy atom. The predicted octanol–water partition coefficient (Wildman–Crippen LogP) is 0.360. The SMILES string of the molecule is C=CCN1C(=O)N(CC=C)C(O)N(CCC)C1O. The number of hydrogen-bond acceptors (Lipinski definition) is 4. The monoisotopic (exact) mass is 255 g/mol. The van der Waals surface area contributed by atoms with Crippen molar-refractivity contribution in [2.24, 2.45) is 0 Å². The molecule has 0 bridgehead atoms. The number of carbonyl (C=O) groups is 1. The molecule has 0 spiro atoms. The molecule has 0 radical (unpaired) electrons. The van der Waals surface area contributed by atoms with Gasteiger partial charge in [0, 0.05) is 19.6 Å². The lowest BCUT2D eigenvalue weighted by Gasteiger charge is -2.48. The van der Waals surface area contributed by atoms with Crippen LogP contribution in [0.1, 0.15) is 13.3 Å². The molecule has 1 heterocycles. The molecule has 6 nitrogen and oxygen atoms in total. The Morgan fingerprint density at radius 1 is 1.17 bits per heavy atom. The summed E-state index contributed by atoms with van der Waals surface area (Å²) in [5, 5.41) is 20.2. The molecular formula is C12H21N3O3. The molecule has 2 atom stereocenters. The summed E-state index contributed by atoms with van der Waals surface area (Å²) in [7, 11) is 0. The maximum absolute atomic E-state index is 12.1. The Morgan fingerprint density at radius 2 is 1.61 bits per heavy atom. The molecule has 1 saturated heterocycles. The van der Waals surface area contributed by atoms with Crippen LogP contribution in [-0.2, 0) is 0 Å². The number of urea groups is 1. The van der Waals surface area contributed by atoms with Gasteiger partial charge in [-0.05, 0) is 6.42 Å². The lowest BCUT2D eigenvalue weighted by atomic mass is 10.3. The lowest BCUT2D eigenvalue weighted by Crippen LogP contribution is -2.68. The van der Waals surface area contributed by atoms with Crippen LogP contribution in [0.4, 0.5) is 4.79 Å². The fourth-order valence-corrected chi connectivity index (χ4v) is 1.95. The number of rotatable bonds is 6. The third kappa shape index (κ3) is 2.72. The van der Waals surface area contributed by atoms with E-state index in [2.05, 4.69) is 13.2 Å². The second-order valence-corrected chi connectivity index (χ2v) is 4.10. The van der Waals surface area contributed by atoms with E-state index in [9.17, 15) is 15.0 Å². The Balaban J connectivity index is 2.97. The summed E-state index contributed by atoms with van der Waals surface area (Å²) in [5.41, 5.74) is 0. The van der Waals surface area contributed by atoms with Crippen molar-refractivity contribution in [3.63, 3.8) is 0 Å². The number of hydrogen-bond donors (Lipinski definition) is 2. The van der Waals surface area contributed by atoms with Crippen molar-refractivity contribution in [2.75, 3.05) is 19.6 Å². The molecule has 0 aromatic carbocycles. The first kappa shape index (κ1) is 14.7. The Labute approximate surface area is 107 Å². The van der Waals surface area contributed by atoms with E-state index in [0.29, 0.717) is 6.54 Å². The van der Waals surface area contributed by atoms with Gasteiger partial charge in [0.2, 0.25) is 0 Å². The van der Waals surface area contributed by atoms with Crippen LogP contribution in [0.2, 0.25) is 0 Å². The molecule has 2 N–H and O–H groups in total. The normalized spacial score (nSPS) is 25.4. The highest BCUT2D eigenvalue weighted by Crippen LogP contribution is 2.20. The van der Waals surface area contributed by atoms with Crippen LogP contribution in [-0.4, -0.2) is 63.3 Å². The number of aliphatic hydroxyl groups excluding tert-OH is 2. The van der Waals surface area contributed by atoms with Crippen molar-refractivity contribution >= 4 is 6.03 Å². The minimum Gasteiger partial charge on any atom is -0.360 e. The second-order valence-electron chi connectivity index (χ2n) is 4.10. The van der Waals surface area contributed by atoms with Crippen molar-refractivity contribution in [1.29, 1.82) is 0 Å². The van der Waals surface area contributed by atoms with Gasteiger partial charge in [0.25, 0.3) is 0 Å². The topological polar surface area (TPSA) is 67.2 Å². The van der Waals surface area contributed by atoms with Crippen LogP contribution in [0, 0.1) is 0 Å². The van der Waals surface area contributed by atoms with E-state index in [4.69, 9.17) is 0 Å². The van der Waals surface area contributed by atoms with Gasteiger partial charge in [0.1, 0.15) is 0 Å². The minimum atomic E-state index is -1.13. The van der Waals surface area contributed by atoms with Crippen LogP contribution in [0.3, 0.4) is 0 Å². The third-order valence-electron chi connectivity index (χ3n) is 2.78. The Bertz CT molecular complexity index is 296. The maximum Gasteiger partial charge on any atom is 0.326 e. The second kappa shape index (κ2) is 6.53. The first-order valence-corrected chi connectivity index (χ1v) is 5.99. The zero-order valence-corrected chi connectivity index (χ0v) is 10.7. The number of amides is 2. The molecule has 6 heteroatoms. The van der Waals surface area contributed by atoms with Crippen LogP contribution < -0.4 is 0 Å². The molecule has 0 aromatic rings. The van der Waals surface area contributed by atoms with Crippen molar-refractivity contribution in [1.82, 2.24) is 14.7 Å². The smallest absolute Gasteiger partial charge is 0.326 e. The van der Waals surface area contributed by atoms with E-state index in [-0.39, 0.29) is 13.1 Å². The molecule has 0 aromatic heterocycles. The van der Waals surface area contributed by atoms with E-state index in [1.165, 1.54) is 26.9 Å². The number of carbonyl (C=O) groups excluding carboxylic acids is 1. The van der Waals surface area contributed by atoms with Gasteiger partial charge in [0.15, 0.2) is 12.7 Å². The Hall–Kier alpha value is -1.37. The van der Waals surface area contributed by atoms with Gasteiger partial charge in [-0.1, -0.05) is 19.1 Å². The summed E-state index contributed by atoms with van der Waals surface area (Å²) in [6, 6.07) is -0.429.